The average molecular weight is 170 g/mol. The number of nitrogens with zero attached hydrogens (tertiary/aromatic N) is 1. The zero-order valence-corrected chi connectivity index (χ0v) is 7.75. The number of carbonyl (C=O) groups excluding carboxylic acids is 1. The summed E-state index contributed by atoms with van der Waals surface area (Å²) in [4.78, 5) is 12.8. The van der Waals surface area contributed by atoms with Gasteiger partial charge in [0.05, 0.1) is 0 Å². The number of amides is 1. The van der Waals surface area contributed by atoms with Crippen LogP contribution in [-0.4, -0.2) is 30.4 Å². The van der Waals surface area contributed by atoms with E-state index in [1.165, 1.54) is 12.8 Å². The van der Waals surface area contributed by atoms with Gasteiger partial charge in [0.15, 0.2) is 0 Å². The van der Waals surface area contributed by atoms with E-state index in [4.69, 9.17) is 5.73 Å². The number of rotatable bonds is 3. The first kappa shape index (κ1) is 9.52. The zero-order chi connectivity index (χ0) is 8.97. The lowest BCUT2D eigenvalue weighted by atomic mass is 9.99. The molecule has 0 aromatic heterocycles. The second-order valence-corrected chi connectivity index (χ2v) is 3.74. The molecule has 3 nitrogen and oxygen atoms in total. The number of piperidine rings is 1. The van der Waals surface area contributed by atoms with Gasteiger partial charge in [-0.2, -0.15) is 0 Å². The molecule has 0 spiro atoms. The van der Waals surface area contributed by atoms with Gasteiger partial charge < -0.3 is 10.6 Å². The van der Waals surface area contributed by atoms with Crippen molar-refractivity contribution in [3.8, 4) is 0 Å². The fraction of sp³-hybridized carbons (Fsp3) is 0.889. The molecule has 1 saturated heterocycles. The minimum absolute atomic E-state index is 0.186. The third-order valence-corrected chi connectivity index (χ3v) is 2.55. The van der Waals surface area contributed by atoms with E-state index in [-0.39, 0.29) is 5.91 Å². The monoisotopic (exact) mass is 170 g/mol. The molecule has 3 heteroatoms. The fourth-order valence-electron chi connectivity index (χ4n) is 1.55. The smallest absolute Gasteiger partial charge is 0.218 e. The Morgan fingerprint density at radius 2 is 2.08 bits per heavy atom. The van der Waals surface area contributed by atoms with Crippen LogP contribution in [-0.2, 0) is 4.79 Å². The van der Waals surface area contributed by atoms with Crippen LogP contribution in [0.2, 0.25) is 0 Å². The van der Waals surface area contributed by atoms with E-state index < -0.39 is 0 Å². The van der Waals surface area contributed by atoms with E-state index in [0.717, 1.165) is 25.6 Å². The predicted molar refractivity (Wildman–Crippen MR) is 48.6 cm³/mol. The molecule has 0 aromatic carbocycles. The molecule has 70 valence electrons. The number of hydrogen-bond donors (Lipinski definition) is 1. The third kappa shape index (κ3) is 3.22. The molecular formula is C9H18N2O. The highest BCUT2D eigenvalue weighted by Crippen LogP contribution is 2.15. The SMILES string of the molecule is CC1CCN(CCC(N)=O)CC1. The first-order valence-electron chi connectivity index (χ1n) is 4.69. The van der Waals surface area contributed by atoms with Crippen LogP contribution in [0, 0.1) is 5.92 Å². The third-order valence-electron chi connectivity index (χ3n) is 2.55. The Balaban J connectivity index is 2.13. The van der Waals surface area contributed by atoms with Crippen molar-refractivity contribution in [2.45, 2.75) is 26.2 Å². The number of nitrogens with two attached hydrogens (primary N) is 1. The quantitative estimate of drug-likeness (QED) is 0.674. The lowest BCUT2D eigenvalue weighted by Gasteiger charge is -2.29. The van der Waals surface area contributed by atoms with Crippen LogP contribution in [0.1, 0.15) is 26.2 Å². The molecular weight excluding hydrogens is 152 g/mol. The van der Waals surface area contributed by atoms with Crippen molar-refractivity contribution in [1.82, 2.24) is 4.90 Å². The maximum atomic E-state index is 10.5. The van der Waals surface area contributed by atoms with Crippen LogP contribution in [0.25, 0.3) is 0 Å². The van der Waals surface area contributed by atoms with Crippen molar-refractivity contribution < 1.29 is 4.79 Å². The van der Waals surface area contributed by atoms with Crippen LogP contribution in [0.4, 0.5) is 0 Å². The maximum Gasteiger partial charge on any atom is 0.218 e. The Morgan fingerprint density at radius 1 is 1.50 bits per heavy atom. The Labute approximate surface area is 73.9 Å². The van der Waals surface area contributed by atoms with Crippen molar-refractivity contribution >= 4 is 5.91 Å². The van der Waals surface area contributed by atoms with Crippen LogP contribution < -0.4 is 5.73 Å². The van der Waals surface area contributed by atoms with Crippen molar-refractivity contribution in [1.29, 1.82) is 0 Å². The summed E-state index contributed by atoms with van der Waals surface area (Å²) < 4.78 is 0. The van der Waals surface area contributed by atoms with E-state index in [1.54, 1.807) is 0 Å². The summed E-state index contributed by atoms with van der Waals surface area (Å²) in [7, 11) is 0. The topological polar surface area (TPSA) is 46.3 Å². The van der Waals surface area contributed by atoms with Crippen LogP contribution in [0.3, 0.4) is 0 Å². The van der Waals surface area contributed by atoms with E-state index in [0.29, 0.717) is 6.42 Å². The molecule has 1 aliphatic heterocycles. The summed E-state index contributed by atoms with van der Waals surface area (Å²) in [5, 5.41) is 0. The van der Waals surface area contributed by atoms with Crippen LogP contribution in [0.15, 0.2) is 0 Å². The summed E-state index contributed by atoms with van der Waals surface area (Å²) in [6, 6.07) is 0. The Hall–Kier alpha value is -0.570. The minimum Gasteiger partial charge on any atom is -0.370 e. The van der Waals surface area contributed by atoms with Gasteiger partial charge in [0, 0.05) is 13.0 Å². The van der Waals surface area contributed by atoms with E-state index in [2.05, 4.69) is 11.8 Å². The molecule has 0 unspecified atom stereocenters. The number of likely N-dealkylation sites (tertiary alicyclic amines) is 1. The lowest BCUT2D eigenvalue weighted by Crippen LogP contribution is -2.35. The Bertz CT molecular complexity index is 151. The van der Waals surface area contributed by atoms with Gasteiger partial charge in [0.2, 0.25) is 5.91 Å². The Morgan fingerprint density at radius 3 is 2.58 bits per heavy atom. The van der Waals surface area contributed by atoms with Gasteiger partial charge in [-0.1, -0.05) is 6.92 Å². The van der Waals surface area contributed by atoms with Crippen molar-refractivity contribution in [3.63, 3.8) is 0 Å². The first-order valence-corrected chi connectivity index (χ1v) is 4.69. The van der Waals surface area contributed by atoms with Gasteiger partial charge in [-0.15, -0.1) is 0 Å². The maximum absolute atomic E-state index is 10.5. The molecule has 1 fully saturated rings. The highest BCUT2D eigenvalue weighted by molar-refractivity contribution is 5.73. The molecule has 2 N–H and O–H groups in total. The summed E-state index contributed by atoms with van der Waals surface area (Å²) >= 11 is 0. The van der Waals surface area contributed by atoms with Gasteiger partial charge in [-0.25, -0.2) is 0 Å². The molecule has 0 radical (unpaired) electrons. The summed E-state index contributed by atoms with van der Waals surface area (Å²) in [5.41, 5.74) is 5.07. The lowest BCUT2D eigenvalue weighted by molar-refractivity contribution is -0.118. The molecule has 0 saturated carbocycles. The molecule has 1 amide bonds. The van der Waals surface area contributed by atoms with Gasteiger partial charge in [-0.05, 0) is 31.8 Å². The van der Waals surface area contributed by atoms with Crippen LogP contribution in [0.5, 0.6) is 0 Å². The van der Waals surface area contributed by atoms with Crippen molar-refractivity contribution in [2.75, 3.05) is 19.6 Å². The van der Waals surface area contributed by atoms with Gasteiger partial charge in [-0.3, -0.25) is 4.79 Å². The molecule has 1 heterocycles. The second kappa shape index (κ2) is 4.45. The second-order valence-electron chi connectivity index (χ2n) is 3.74. The van der Waals surface area contributed by atoms with Gasteiger partial charge in [0.1, 0.15) is 0 Å². The number of carbonyl (C=O) groups is 1. The van der Waals surface area contributed by atoms with E-state index in [9.17, 15) is 4.79 Å². The molecule has 0 aromatic rings. The molecule has 1 aliphatic rings. The number of hydrogen-bond acceptors (Lipinski definition) is 2. The first-order chi connectivity index (χ1) is 5.68. The Kier molecular flexibility index (Phi) is 3.53. The molecule has 1 rings (SSSR count). The molecule has 0 aliphatic carbocycles. The van der Waals surface area contributed by atoms with Crippen molar-refractivity contribution in [3.05, 3.63) is 0 Å². The number of primary amides is 1. The van der Waals surface area contributed by atoms with Gasteiger partial charge >= 0.3 is 0 Å². The highest BCUT2D eigenvalue weighted by atomic mass is 16.1. The largest absolute Gasteiger partial charge is 0.370 e. The highest BCUT2D eigenvalue weighted by Gasteiger charge is 2.15. The predicted octanol–water partition coefficient (Wildman–Crippen LogP) is 0.594. The molecule has 12 heavy (non-hydrogen) atoms. The fourth-order valence-corrected chi connectivity index (χ4v) is 1.55. The standard InChI is InChI=1S/C9H18N2O/c1-8-2-5-11(6-3-8)7-4-9(10)12/h8H,2-7H2,1H3,(H2,10,12). The van der Waals surface area contributed by atoms with Crippen LogP contribution >= 0.6 is 0 Å². The summed E-state index contributed by atoms with van der Waals surface area (Å²) in [5.74, 6) is 0.670. The minimum atomic E-state index is -0.186. The van der Waals surface area contributed by atoms with Gasteiger partial charge in [0.25, 0.3) is 0 Å². The molecule has 0 atom stereocenters. The van der Waals surface area contributed by atoms with E-state index in [1.807, 2.05) is 0 Å². The summed E-state index contributed by atoms with van der Waals surface area (Å²) in [6.45, 7) is 5.40. The average Bonchev–Trinajstić information content (AvgIpc) is 2.03. The molecule has 0 bridgehead atoms. The van der Waals surface area contributed by atoms with E-state index >= 15 is 0 Å². The van der Waals surface area contributed by atoms with Crippen molar-refractivity contribution in [2.24, 2.45) is 11.7 Å². The zero-order valence-electron chi connectivity index (χ0n) is 7.75. The normalized spacial score (nSPS) is 21.1. The summed E-state index contributed by atoms with van der Waals surface area (Å²) in [6.07, 6.45) is 3.03.